The second-order valence-corrected chi connectivity index (χ2v) is 6.06. The third kappa shape index (κ3) is 3.37. The van der Waals surface area contributed by atoms with Crippen molar-refractivity contribution in [2.45, 2.75) is 31.0 Å². The Kier molecular flexibility index (Phi) is 4.39. The van der Waals surface area contributed by atoms with E-state index in [1.807, 2.05) is 0 Å². The molecule has 1 amide bonds. The van der Waals surface area contributed by atoms with Gasteiger partial charge in [-0.15, -0.1) is 0 Å². The van der Waals surface area contributed by atoms with Crippen molar-refractivity contribution in [3.63, 3.8) is 0 Å². The highest BCUT2D eigenvalue weighted by Gasteiger charge is 2.42. The van der Waals surface area contributed by atoms with Gasteiger partial charge in [-0.1, -0.05) is 12.1 Å². The molecule has 2 aromatic rings. The van der Waals surface area contributed by atoms with Crippen molar-refractivity contribution >= 4 is 11.9 Å². The molecular formula is C17H14F3N3O3. The van der Waals surface area contributed by atoms with Gasteiger partial charge >= 0.3 is 12.1 Å². The van der Waals surface area contributed by atoms with Crippen LogP contribution in [0.25, 0.3) is 0 Å². The zero-order chi connectivity index (χ0) is 18.9. The Labute approximate surface area is 146 Å². The van der Waals surface area contributed by atoms with E-state index in [9.17, 15) is 22.8 Å². The van der Waals surface area contributed by atoms with Gasteiger partial charge in [0.05, 0.1) is 23.5 Å². The van der Waals surface area contributed by atoms with E-state index in [4.69, 9.17) is 5.11 Å². The largest absolute Gasteiger partial charge is 0.476 e. The number of aromatic carboxylic acids is 1. The number of benzene rings is 1. The predicted molar refractivity (Wildman–Crippen MR) is 83.4 cm³/mol. The van der Waals surface area contributed by atoms with Gasteiger partial charge < -0.3 is 10.4 Å². The second-order valence-electron chi connectivity index (χ2n) is 6.06. The minimum atomic E-state index is -4.47. The summed E-state index contributed by atoms with van der Waals surface area (Å²) in [4.78, 5) is 30.6. The first-order valence-electron chi connectivity index (χ1n) is 7.77. The summed E-state index contributed by atoms with van der Waals surface area (Å²) < 4.78 is 38.9. The highest BCUT2D eigenvalue weighted by molar-refractivity contribution is 5.93. The summed E-state index contributed by atoms with van der Waals surface area (Å²) in [6.45, 7) is 0. The lowest BCUT2D eigenvalue weighted by atomic mass is 9.71. The van der Waals surface area contributed by atoms with Gasteiger partial charge in [-0.05, 0) is 37.0 Å². The molecule has 1 fully saturated rings. The van der Waals surface area contributed by atoms with Crippen molar-refractivity contribution in [1.29, 1.82) is 0 Å². The van der Waals surface area contributed by atoms with Crippen LogP contribution in [0.5, 0.6) is 0 Å². The molecule has 1 aromatic carbocycles. The smallest absolute Gasteiger partial charge is 0.416 e. The van der Waals surface area contributed by atoms with Crippen molar-refractivity contribution in [3.05, 3.63) is 59.2 Å². The number of carbonyl (C=O) groups excluding carboxylic acids is 1. The second kappa shape index (κ2) is 6.40. The molecule has 1 heterocycles. The van der Waals surface area contributed by atoms with Gasteiger partial charge in [0.1, 0.15) is 5.69 Å². The first kappa shape index (κ1) is 17.8. The van der Waals surface area contributed by atoms with Crippen LogP contribution in [0, 0.1) is 0 Å². The Hall–Kier alpha value is -2.97. The zero-order valence-corrected chi connectivity index (χ0v) is 13.4. The van der Waals surface area contributed by atoms with Crippen LogP contribution < -0.4 is 5.32 Å². The summed E-state index contributed by atoms with van der Waals surface area (Å²) in [5, 5.41) is 11.5. The normalized spacial score (nSPS) is 15.8. The van der Waals surface area contributed by atoms with Gasteiger partial charge in [0.25, 0.3) is 5.91 Å². The van der Waals surface area contributed by atoms with E-state index in [2.05, 4.69) is 15.3 Å². The van der Waals surface area contributed by atoms with Gasteiger partial charge in [0.15, 0.2) is 5.69 Å². The number of halogens is 3. The van der Waals surface area contributed by atoms with Crippen LogP contribution in [-0.4, -0.2) is 27.0 Å². The molecule has 0 spiro atoms. The number of amides is 1. The van der Waals surface area contributed by atoms with Crippen LogP contribution in [0.1, 0.15) is 51.4 Å². The number of aromatic nitrogens is 2. The zero-order valence-electron chi connectivity index (χ0n) is 13.4. The number of rotatable bonds is 4. The molecule has 1 aliphatic rings. The fourth-order valence-corrected chi connectivity index (χ4v) is 2.85. The highest BCUT2D eigenvalue weighted by Crippen LogP contribution is 2.43. The molecule has 0 unspecified atom stereocenters. The molecule has 0 radical (unpaired) electrons. The van der Waals surface area contributed by atoms with Crippen LogP contribution in [0.2, 0.25) is 0 Å². The Morgan fingerprint density at radius 2 is 1.77 bits per heavy atom. The van der Waals surface area contributed by atoms with E-state index in [0.717, 1.165) is 30.9 Å². The lowest BCUT2D eigenvalue weighted by molar-refractivity contribution is -0.137. The number of carboxylic acid groups (broad SMARTS) is 1. The molecule has 26 heavy (non-hydrogen) atoms. The quantitative estimate of drug-likeness (QED) is 0.869. The van der Waals surface area contributed by atoms with Gasteiger partial charge in [-0.25, -0.2) is 14.8 Å². The fraction of sp³-hybridized carbons (Fsp3) is 0.294. The van der Waals surface area contributed by atoms with Crippen molar-refractivity contribution in [2.24, 2.45) is 0 Å². The number of nitrogens with one attached hydrogen (secondary N) is 1. The molecule has 1 saturated carbocycles. The summed E-state index contributed by atoms with van der Waals surface area (Å²) in [5.41, 5.74) is -1.71. The predicted octanol–water partition coefficient (Wildman–Crippen LogP) is 3.00. The third-order valence-electron chi connectivity index (χ3n) is 4.41. The van der Waals surface area contributed by atoms with Gasteiger partial charge in [0, 0.05) is 0 Å². The van der Waals surface area contributed by atoms with Crippen molar-refractivity contribution in [2.75, 3.05) is 0 Å². The number of alkyl halides is 3. The average molecular weight is 365 g/mol. The molecule has 3 rings (SSSR count). The Morgan fingerprint density at radius 1 is 1.12 bits per heavy atom. The maximum Gasteiger partial charge on any atom is 0.416 e. The highest BCUT2D eigenvalue weighted by atomic mass is 19.4. The van der Waals surface area contributed by atoms with Crippen LogP contribution in [0.4, 0.5) is 13.2 Å². The molecule has 0 atom stereocenters. The molecule has 0 bridgehead atoms. The van der Waals surface area contributed by atoms with E-state index >= 15 is 0 Å². The molecule has 1 aromatic heterocycles. The van der Waals surface area contributed by atoms with E-state index in [0.29, 0.717) is 18.4 Å². The molecule has 9 heteroatoms. The summed E-state index contributed by atoms with van der Waals surface area (Å²) in [6.07, 6.45) is -0.725. The topological polar surface area (TPSA) is 92.2 Å². The van der Waals surface area contributed by atoms with E-state index in [1.54, 1.807) is 6.07 Å². The van der Waals surface area contributed by atoms with Crippen LogP contribution in [-0.2, 0) is 11.7 Å². The maximum atomic E-state index is 13.0. The molecule has 6 nitrogen and oxygen atoms in total. The molecule has 0 aliphatic heterocycles. The average Bonchev–Trinajstić information content (AvgIpc) is 2.57. The van der Waals surface area contributed by atoms with Crippen LogP contribution in [0.15, 0.2) is 36.7 Å². The number of nitrogens with zero attached hydrogens (tertiary/aromatic N) is 2. The van der Waals surface area contributed by atoms with E-state index in [-0.39, 0.29) is 11.4 Å². The number of carboxylic acids is 1. The van der Waals surface area contributed by atoms with Crippen LogP contribution in [0.3, 0.4) is 0 Å². The monoisotopic (exact) mass is 365 g/mol. The van der Waals surface area contributed by atoms with Gasteiger partial charge in [0.2, 0.25) is 0 Å². The first-order valence-corrected chi connectivity index (χ1v) is 7.77. The van der Waals surface area contributed by atoms with Crippen molar-refractivity contribution < 1.29 is 27.9 Å². The number of hydrogen-bond acceptors (Lipinski definition) is 4. The van der Waals surface area contributed by atoms with Crippen LogP contribution >= 0.6 is 0 Å². The SMILES string of the molecule is O=C(O)c1cnc(C(=O)NC2(c3cccc(C(F)(F)F)c3)CCC2)cn1. The molecule has 1 aliphatic carbocycles. The summed E-state index contributed by atoms with van der Waals surface area (Å²) in [5.74, 6) is -1.89. The molecular weight excluding hydrogens is 351 g/mol. The minimum Gasteiger partial charge on any atom is -0.476 e. The van der Waals surface area contributed by atoms with E-state index < -0.39 is 29.2 Å². The standard InChI is InChI=1S/C17H14F3N3O3/c18-17(19,20)11-4-1-3-10(7-11)16(5-2-6-16)23-14(24)12-8-22-13(9-21-12)15(25)26/h1,3-4,7-9H,2,5-6H2,(H,23,24)(H,25,26). The van der Waals surface area contributed by atoms with Gasteiger partial charge in [-0.3, -0.25) is 4.79 Å². The Morgan fingerprint density at radius 3 is 2.27 bits per heavy atom. The first-order chi connectivity index (χ1) is 12.2. The number of hydrogen-bond donors (Lipinski definition) is 2. The molecule has 0 saturated heterocycles. The Balaban J connectivity index is 1.84. The lowest BCUT2D eigenvalue weighted by Crippen LogP contribution is -2.51. The maximum absolute atomic E-state index is 13.0. The van der Waals surface area contributed by atoms with Crippen molar-refractivity contribution in [3.8, 4) is 0 Å². The third-order valence-corrected chi connectivity index (χ3v) is 4.41. The molecule has 136 valence electrons. The lowest BCUT2D eigenvalue weighted by Gasteiger charge is -2.43. The molecule has 2 N–H and O–H groups in total. The van der Waals surface area contributed by atoms with Crippen molar-refractivity contribution in [1.82, 2.24) is 15.3 Å². The Bertz CT molecular complexity index is 846. The number of carbonyl (C=O) groups is 2. The van der Waals surface area contributed by atoms with Gasteiger partial charge in [-0.2, -0.15) is 13.2 Å². The summed E-state index contributed by atoms with van der Waals surface area (Å²) in [7, 11) is 0. The van der Waals surface area contributed by atoms with E-state index in [1.165, 1.54) is 6.07 Å². The summed E-state index contributed by atoms with van der Waals surface area (Å²) in [6, 6.07) is 4.88. The minimum absolute atomic E-state index is 0.103. The summed E-state index contributed by atoms with van der Waals surface area (Å²) >= 11 is 0. The fourth-order valence-electron chi connectivity index (χ4n) is 2.85.